The minimum atomic E-state index is 0.0300. The van der Waals surface area contributed by atoms with Gasteiger partial charge in [-0.1, -0.05) is 51.1 Å². The van der Waals surface area contributed by atoms with E-state index in [9.17, 15) is 4.79 Å². The number of hydrogen-bond donors (Lipinski definition) is 1. The van der Waals surface area contributed by atoms with E-state index in [1.54, 1.807) is 0 Å². The van der Waals surface area contributed by atoms with Crippen LogP contribution in [0.1, 0.15) is 32.4 Å². The zero-order chi connectivity index (χ0) is 10.6. The fourth-order valence-electron chi connectivity index (χ4n) is 1.56. The van der Waals surface area contributed by atoms with Crippen molar-refractivity contribution in [3.63, 3.8) is 0 Å². The number of carbonyl (C=O) groups excluding carboxylic acids is 1. The van der Waals surface area contributed by atoms with Crippen molar-refractivity contribution < 1.29 is 4.79 Å². The lowest BCUT2D eigenvalue weighted by atomic mass is 9.82. The Morgan fingerprint density at radius 3 is 2.21 bits per heavy atom. The van der Waals surface area contributed by atoms with Gasteiger partial charge in [-0.2, -0.15) is 0 Å². The maximum Gasteiger partial charge on any atom is 0.207 e. The smallest absolute Gasteiger partial charge is 0.207 e. The van der Waals surface area contributed by atoms with Gasteiger partial charge in [0.25, 0.3) is 0 Å². The molecule has 0 aliphatic carbocycles. The first-order valence-corrected chi connectivity index (χ1v) is 4.80. The summed E-state index contributed by atoms with van der Waals surface area (Å²) in [5.74, 6) is 0. The van der Waals surface area contributed by atoms with Crippen molar-refractivity contribution in [2.24, 2.45) is 5.41 Å². The third kappa shape index (κ3) is 2.59. The molecule has 14 heavy (non-hydrogen) atoms. The molecule has 1 atom stereocenters. The molecule has 1 N–H and O–H groups in total. The second kappa shape index (κ2) is 4.27. The highest BCUT2D eigenvalue weighted by Gasteiger charge is 2.25. The minimum Gasteiger partial charge on any atom is -0.351 e. The van der Waals surface area contributed by atoms with Crippen LogP contribution in [0.4, 0.5) is 0 Å². The lowest BCUT2D eigenvalue weighted by Crippen LogP contribution is -2.31. The number of rotatable bonds is 3. The number of amides is 1. The lowest BCUT2D eigenvalue weighted by molar-refractivity contribution is -0.110. The summed E-state index contributed by atoms with van der Waals surface area (Å²) in [5.41, 5.74) is 1.18. The van der Waals surface area contributed by atoms with Gasteiger partial charge < -0.3 is 5.32 Å². The molecular weight excluding hydrogens is 174 g/mol. The maximum atomic E-state index is 10.5. The highest BCUT2D eigenvalue weighted by atomic mass is 16.1. The van der Waals surface area contributed by atoms with Crippen LogP contribution in [-0.2, 0) is 4.79 Å². The first kappa shape index (κ1) is 10.8. The molecule has 0 heterocycles. The molecule has 0 bridgehead atoms. The maximum absolute atomic E-state index is 10.5. The highest BCUT2D eigenvalue weighted by molar-refractivity contribution is 5.48. The van der Waals surface area contributed by atoms with Crippen LogP contribution in [0.5, 0.6) is 0 Å². The van der Waals surface area contributed by atoms with Crippen LogP contribution < -0.4 is 5.32 Å². The van der Waals surface area contributed by atoms with Gasteiger partial charge in [0.2, 0.25) is 6.41 Å². The summed E-state index contributed by atoms with van der Waals surface area (Å²) in [7, 11) is 0. The predicted molar refractivity (Wildman–Crippen MR) is 57.8 cm³/mol. The average molecular weight is 191 g/mol. The normalized spacial score (nSPS) is 13.4. The van der Waals surface area contributed by atoms with Gasteiger partial charge in [-0.15, -0.1) is 0 Å². The van der Waals surface area contributed by atoms with Gasteiger partial charge in [-0.05, 0) is 11.0 Å². The number of benzene rings is 1. The summed E-state index contributed by atoms with van der Waals surface area (Å²) >= 11 is 0. The van der Waals surface area contributed by atoms with Crippen molar-refractivity contribution >= 4 is 6.41 Å². The van der Waals surface area contributed by atoms with E-state index >= 15 is 0 Å². The van der Waals surface area contributed by atoms with Crippen LogP contribution in [0.2, 0.25) is 0 Å². The van der Waals surface area contributed by atoms with Crippen molar-refractivity contribution in [2.75, 3.05) is 0 Å². The van der Waals surface area contributed by atoms with E-state index < -0.39 is 0 Å². The molecule has 1 amide bonds. The standard InChI is InChI=1S/C12H17NO/c1-12(2,3)11(13-9-14)10-7-5-4-6-8-10/h4-9,11H,1-3H3,(H,13,14)/t11-/m1/s1. The van der Waals surface area contributed by atoms with Crippen molar-refractivity contribution in [2.45, 2.75) is 26.8 Å². The Bertz CT molecular complexity index is 287. The zero-order valence-electron chi connectivity index (χ0n) is 8.95. The van der Waals surface area contributed by atoms with E-state index in [0.717, 1.165) is 12.0 Å². The van der Waals surface area contributed by atoms with E-state index in [-0.39, 0.29) is 11.5 Å². The Morgan fingerprint density at radius 2 is 1.79 bits per heavy atom. The van der Waals surface area contributed by atoms with E-state index in [1.807, 2.05) is 30.3 Å². The fourth-order valence-corrected chi connectivity index (χ4v) is 1.56. The molecule has 0 aliphatic heterocycles. The summed E-state index contributed by atoms with van der Waals surface area (Å²) in [5, 5.41) is 2.86. The monoisotopic (exact) mass is 191 g/mol. The molecule has 0 unspecified atom stereocenters. The quantitative estimate of drug-likeness (QED) is 0.731. The molecular formula is C12H17NO. The van der Waals surface area contributed by atoms with Crippen LogP contribution in [0.15, 0.2) is 30.3 Å². The molecule has 1 aromatic carbocycles. The van der Waals surface area contributed by atoms with E-state index in [1.165, 1.54) is 0 Å². The molecule has 76 valence electrons. The van der Waals surface area contributed by atoms with Crippen LogP contribution >= 0.6 is 0 Å². The Hall–Kier alpha value is -1.31. The van der Waals surface area contributed by atoms with Crippen LogP contribution in [0.3, 0.4) is 0 Å². The Labute approximate surface area is 85.3 Å². The third-order valence-corrected chi connectivity index (χ3v) is 2.23. The zero-order valence-corrected chi connectivity index (χ0v) is 8.95. The summed E-state index contributed by atoms with van der Waals surface area (Å²) in [6.07, 6.45) is 0.767. The summed E-state index contributed by atoms with van der Waals surface area (Å²) in [6, 6.07) is 10.1. The van der Waals surface area contributed by atoms with Gasteiger partial charge in [-0.3, -0.25) is 4.79 Å². The van der Waals surface area contributed by atoms with Crippen molar-refractivity contribution in [1.29, 1.82) is 0 Å². The number of carbonyl (C=O) groups is 1. The van der Waals surface area contributed by atoms with Crippen molar-refractivity contribution in [1.82, 2.24) is 5.32 Å². The third-order valence-electron chi connectivity index (χ3n) is 2.23. The lowest BCUT2D eigenvalue weighted by Gasteiger charge is -2.30. The molecule has 2 nitrogen and oxygen atoms in total. The SMILES string of the molecule is CC(C)(C)[C@H](NC=O)c1ccccc1. The molecule has 2 heteroatoms. The summed E-state index contributed by atoms with van der Waals surface area (Å²) in [6.45, 7) is 6.34. The van der Waals surface area contributed by atoms with Crippen LogP contribution in [-0.4, -0.2) is 6.41 Å². The molecule has 1 aromatic rings. The van der Waals surface area contributed by atoms with Gasteiger partial charge in [0, 0.05) is 0 Å². The molecule has 0 radical (unpaired) electrons. The molecule has 0 spiro atoms. The van der Waals surface area contributed by atoms with Gasteiger partial charge in [0.05, 0.1) is 6.04 Å². The second-order valence-corrected chi connectivity index (χ2v) is 4.49. The Kier molecular flexibility index (Phi) is 3.28. The summed E-state index contributed by atoms with van der Waals surface area (Å²) < 4.78 is 0. The van der Waals surface area contributed by atoms with E-state index in [4.69, 9.17) is 0 Å². The Balaban J connectivity index is 2.95. The number of nitrogens with one attached hydrogen (secondary N) is 1. The average Bonchev–Trinajstić information content (AvgIpc) is 2.14. The molecule has 0 aliphatic rings. The second-order valence-electron chi connectivity index (χ2n) is 4.49. The topological polar surface area (TPSA) is 29.1 Å². The van der Waals surface area contributed by atoms with E-state index in [2.05, 4.69) is 26.1 Å². The number of hydrogen-bond acceptors (Lipinski definition) is 1. The van der Waals surface area contributed by atoms with Crippen LogP contribution in [0.25, 0.3) is 0 Å². The van der Waals surface area contributed by atoms with Gasteiger partial charge in [0.1, 0.15) is 0 Å². The Morgan fingerprint density at radius 1 is 1.21 bits per heavy atom. The highest BCUT2D eigenvalue weighted by Crippen LogP contribution is 2.31. The minimum absolute atomic E-state index is 0.0300. The predicted octanol–water partition coefficient (Wildman–Crippen LogP) is 2.52. The molecule has 0 saturated carbocycles. The van der Waals surface area contributed by atoms with Crippen molar-refractivity contribution in [3.8, 4) is 0 Å². The molecule has 0 fully saturated rings. The van der Waals surface area contributed by atoms with Gasteiger partial charge >= 0.3 is 0 Å². The summed E-state index contributed by atoms with van der Waals surface area (Å²) in [4.78, 5) is 10.5. The first-order chi connectivity index (χ1) is 6.55. The fraction of sp³-hybridized carbons (Fsp3) is 0.417. The molecule has 0 aromatic heterocycles. The largest absolute Gasteiger partial charge is 0.351 e. The van der Waals surface area contributed by atoms with Gasteiger partial charge in [-0.25, -0.2) is 0 Å². The van der Waals surface area contributed by atoms with Crippen LogP contribution in [0, 0.1) is 5.41 Å². The van der Waals surface area contributed by atoms with Gasteiger partial charge in [0.15, 0.2) is 0 Å². The van der Waals surface area contributed by atoms with Crippen molar-refractivity contribution in [3.05, 3.63) is 35.9 Å². The molecule has 1 rings (SSSR count). The first-order valence-electron chi connectivity index (χ1n) is 4.80. The molecule has 0 saturated heterocycles. The van der Waals surface area contributed by atoms with E-state index in [0.29, 0.717) is 0 Å².